The molecule has 0 fully saturated rings. The molecule has 0 atom stereocenters. The van der Waals surface area contributed by atoms with Gasteiger partial charge in [-0.25, -0.2) is 9.36 Å². The highest BCUT2D eigenvalue weighted by atomic mass is 16.5. The maximum atomic E-state index is 6.16. The maximum absolute atomic E-state index is 6.16. The van der Waals surface area contributed by atoms with E-state index in [0.717, 1.165) is 34.4 Å². The van der Waals surface area contributed by atoms with Gasteiger partial charge in [0, 0.05) is 11.1 Å². The Hall–Kier alpha value is -3.58. The molecule has 33 heavy (non-hydrogen) atoms. The molecule has 0 aliphatic carbocycles. The van der Waals surface area contributed by atoms with Crippen LogP contribution in [0, 0.1) is 27.7 Å². The fourth-order valence-electron chi connectivity index (χ4n) is 4.85. The Balaban J connectivity index is 1.52. The Morgan fingerprint density at radius 2 is 1.00 bits per heavy atom. The summed E-state index contributed by atoms with van der Waals surface area (Å²) in [5.74, 6) is 2.21. The third-order valence-electron chi connectivity index (χ3n) is 6.66. The highest BCUT2D eigenvalue weighted by Gasteiger charge is 2.34. The van der Waals surface area contributed by atoms with Gasteiger partial charge >= 0.3 is 0 Å². The Morgan fingerprint density at radius 3 is 1.39 bits per heavy atom. The first-order valence-corrected chi connectivity index (χ1v) is 11.4. The number of anilines is 2. The summed E-state index contributed by atoms with van der Waals surface area (Å²) >= 11 is 0. The molecule has 2 aromatic carbocycles. The summed E-state index contributed by atoms with van der Waals surface area (Å²) < 4.78 is 10.3. The predicted octanol–water partition coefficient (Wildman–Crippen LogP) is 4.56. The van der Waals surface area contributed by atoms with E-state index < -0.39 is 0 Å². The number of nitrogens with zero attached hydrogens (tertiary/aromatic N) is 6. The van der Waals surface area contributed by atoms with Gasteiger partial charge in [0.05, 0.1) is 35.9 Å². The van der Waals surface area contributed by atoms with Gasteiger partial charge in [0.2, 0.25) is 0 Å². The quantitative estimate of drug-likeness (QED) is 0.457. The molecule has 0 saturated heterocycles. The highest BCUT2D eigenvalue weighted by Crippen LogP contribution is 2.39. The van der Waals surface area contributed by atoms with E-state index in [2.05, 4.69) is 95.4 Å². The summed E-state index contributed by atoms with van der Waals surface area (Å²) in [4.78, 5) is 4.61. The van der Waals surface area contributed by atoms with Gasteiger partial charge in [0.25, 0.3) is 0 Å². The molecule has 3 aliphatic rings. The van der Waals surface area contributed by atoms with Crippen LogP contribution in [0.4, 0.5) is 11.6 Å². The van der Waals surface area contributed by atoms with E-state index in [9.17, 15) is 0 Å². The van der Waals surface area contributed by atoms with Crippen molar-refractivity contribution in [1.82, 2.24) is 19.6 Å². The summed E-state index contributed by atoms with van der Waals surface area (Å²) in [5, 5.41) is 9.93. The molecule has 0 radical (unpaired) electrons. The van der Waals surface area contributed by atoms with Crippen LogP contribution in [0.25, 0.3) is 11.4 Å². The molecule has 7 nitrogen and oxygen atoms in total. The molecule has 168 valence electrons. The van der Waals surface area contributed by atoms with Crippen molar-refractivity contribution in [3.8, 4) is 11.4 Å². The number of hydrogen-bond donors (Lipinski definition) is 0. The molecular weight excluding hydrogens is 412 g/mol. The van der Waals surface area contributed by atoms with Crippen LogP contribution in [0.15, 0.2) is 48.5 Å². The van der Waals surface area contributed by atoms with Crippen molar-refractivity contribution in [2.24, 2.45) is 0 Å². The molecule has 0 N–H and O–H groups in total. The zero-order valence-electron chi connectivity index (χ0n) is 19.5. The van der Waals surface area contributed by atoms with E-state index in [1.54, 1.807) is 0 Å². The third-order valence-corrected chi connectivity index (χ3v) is 6.66. The molecule has 0 amide bonds. The van der Waals surface area contributed by atoms with Gasteiger partial charge in [-0.3, -0.25) is 0 Å². The number of hydrogen-bond acceptors (Lipinski definition) is 5. The van der Waals surface area contributed by atoms with Gasteiger partial charge in [-0.2, -0.15) is 10.2 Å². The minimum atomic E-state index is 0.509. The zero-order chi connectivity index (χ0) is 22.7. The summed E-state index contributed by atoms with van der Waals surface area (Å²) in [6.45, 7) is 10.9. The van der Waals surface area contributed by atoms with Crippen LogP contribution in [0.5, 0.6) is 0 Å². The Bertz CT molecular complexity index is 1230. The van der Waals surface area contributed by atoms with Crippen molar-refractivity contribution >= 4 is 11.6 Å². The van der Waals surface area contributed by atoms with Crippen LogP contribution < -0.4 is 9.80 Å². The molecule has 0 spiro atoms. The fraction of sp³-hybridized carbons (Fsp3) is 0.308. The topological polar surface area (TPSA) is 51.4 Å². The predicted molar refractivity (Wildman–Crippen MR) is 129 cm³/mol. The van der Waals surface area contributed by atoms with Crippen molar-refractivity contribution in [1.29, 1.82) is 0 Å². The van der Waals surface area contributed by atoms with Gasteiger partial charge in [-0.15, -0.1) is 0 Å². The number of benzene rings is 2. The summed E-state index contributed by atoms with van der Waals surface area (Å²) in [6.07, 6.45) is 0. The minimum absolute atomic E-state index is 0.509. The van der Waals surface area contributed by atoms with E-state index in [4.69, 9.17) is 14.9 Å². The Morgan fingerprint density at radius 1 is 0.606 bits per heavy atom. The molecule has 2 aromatic heterocycles. The number of rotatable bonds is 2. The largest absolute Gasteiger partial charge is 0.341 e. The summed E-state index contributed by atoms with van der Waals surface area (Å²) in [7, 11) is 0. The van der Waals surface area contributed by atoms with Crippen molar-refractivity contribution in [2.45, 2.75) is 40.8 Å². The first-order valence-electron chi connectivity index (χ1n) is 11.4. The second-order valence-electron chi connectivity index (χ2n) is 9.13. The Kier molecular flexibility index (Phi) is 4.55. The molecule has 0 saturated carbocycles. The molecule has 2 bridgehead atoms. The maximum Gasteiger partial charge on any atom is 0.139 e. The Labute approximate surface area is 193 Å². The third kappa shape index (κ3) is 3.23. The first-order chi connectivity index (χ1) is 16.0. The van der Waals surface area contributed by atoms with Gasteiger partial charge in [0.15, 0.2) is 0 Å². The van der Waals surface area contributed by atoms with Gasteiger partial charge in [0.1, 0.15) is 25.1 Å². The lowest BCUT2D eigenvalue weighted by Gasteiger charge is -2.37. The van der Waals surface area contributed by atoms with Crippen molar-refractivity contribution < 1.29 is 4.74 Å². The highest BCUT2D eigenvalue weighted by molar-refractivity contribution is 5.64. The monoisotopic (exact) mass is 440 g/mol. The smallest absolute Gasteiger partial charge is 0.139 e. The van der Waals surface area contributed by atoms with Gasteiger partial charge in [-0.1, -0.05) is 35.4 Å². The van der Waals surface area contributed by atoms with Crippen LogP contribution in [0.1, 0.15) is 33.6 Å². The lowest BCUT2D eigenvalue weighted by atomic mass is 10.1. The van der Waals surface area contributed by atoms with E-state index in [1.807, 2.05) is 0 Å². The average molecular weight is 441 g/mol. The van der Waals surface area contributed by atoms with Crippen molar-refractivity contribution in [3.05, 3.63) is 82.2 Å². The second kappa shape index (κ2) is 7.49. The van der Waals surface area contributed by atoms with E-state index in [1.165, 1.54) is 22.3 Å². The fourth-order valence-corrected chi connectivity index (χ4v) is 4.85. The zero-order valence-corrected chi connectivity index (χ0v) is 19.5. The van der Waals surface area contributed by atoms with Crippen LogP contribution >= 0.6 is 0 Å². The average Bonchev–Trinajstić information content (AvgIpc) is 3.24. The minimum Gasteiger partial charge on any atom is -0.341 e. The molecular formula is C26H28N6O. The number of ether oxygens (including phenoxy) is 1. The van der Waals surface area contributed by atoms with Crippen LogP contribution in [0.2, 0.25) is 0 Å². The first kappa shape index (κ1) is 20.1. The molecule has 0 unspecified atom stereocenters. The number of aromatic nitrogens is 4. The molecule has 4 aromatic rings. The standard InChI is InChI=1S/C26H28N6O/c1-17-5-9-21(10-6-17)31-25-23(19(3)27-31)13-30-16-33-15-29(25)14-24-20(4)28-32(26(24)30)22-11-7-18(2)8-12-22/h5-12H,13-16H2,1-4H3. The van der Waals surface area contributed by atoms with E-state index in [-0.39, 0.29) is 0 Å². The normalized spacial score (nSPS) is 15.2. The lowest BCUT2D eigenvalue weighted by molar-refractivity contribution is 0.124. The van der Waals surface area contributed by atoms with Crippen LogP contribution in [-0.4, -0.2) is 33.0 Å². The number of fused-ring (bicyclic) bond motifs is 2. The summed E-state index contributed by atoms with van der Waals surface area (Å²) in [5.41, 5.74) is 9.17. The molecule has 7 rings (SSSR count). The molecule has 7 heteroatoms. The van der Waals surface area contributed by atoms with E-state index >= 15 is 0 Å². The van der Waals surface area contributed by atoms with Crippen LogP contribution in [-0.2, 0) is 17.8 Å². The SMILES string of the molecule is Cc1ccc(-n2nc(C)c3c2N2COCN(C3)c3c(c(C)nn3-c3ccc(C)cc3)C2)cc1. The second-order valence-corrected chi connectivity index (χ2v) is 9.13. The van der Waals surface area contributed by atoms with Gasteiger partial charge < -0.3 is 14.5 Å². The molecule has 3 aliphatic heterocycles. The lowest BCUT2D eigenvalue weighted by Crippen LogP contribution is -2.40. The van der Waals surface area contributed by atoms with E-state index in [0.29, 0.717) is 26.6 Å². The van der Waals surface area contributed by atoms with Crippen LogP contribution in [0.3, 0.4) is 0 Å². The number of aryl methyl sites for hydroxylation is 4. The molecule has 5 heterocycles. The van der Waals surface area contributed by atoms with Crippen molar-refractivity contribution in [2.75, 3.05) is 23.3 Å². The van der Waals surface area contributed by atoms with Gasteiger partial charge in [-0.05, 0) is 52.0 Å². The summed E-state index contributed by atoms with van der Waals surface area (Å²) in [6, 6.07) is 17.1. The van der Waals surface area contributed by atoms with Crippen molar-refractivity contribution in [3.63, 3.8) is 0 Å².